The van der Waals surface area contributed by atoms with Crippen LogP contribution >= 0.6 is 0 Å². The molecular formula is C12H15N3O3. The number of hydrogen-bond acceptors (Lipinski definition) is 4. The van der Waals surface area contributed by atoms with E-state index in [0.717, 1.165) is 13.1 Å². The van der Waals surface area contributed by atoms with Gasteiger partial charge in [0.15, 0.2) is 0 Å². The van der Waals surface area contributed by atoms with Crippen LogP contribution in [0.1, 0.15) is 12.1 Å². The first-order valence-corrected chi connectivity index (χ1v) is 5.81. The molecule has 0 spiro atoms. The number of amides is 1. The van der Waals surface area contributed by atoms with Gasteiger partial charge in [0, 0.05) is 6.42 Å². The third kappa shape index (κ3) is 3.53. The van der Waals surface area contributed by atoms with Crippen LogP contribution in [0.3, 0.4) is 0 Å². The van der Waals surface area contributed by atoms with Gasteiger partial charge in [0.05, 0.1) is 24.0 Å². The van der Waals surface area contributed by atoms with E-state index in [1.54, 1.807) is 12.1 Å². The first kappa shape index (κ1) is 12.5. The van der Waals surface area contributed by atoms with Gasteiger partial charge in [-0.15, -0.1) is 0 Å². The highest BCUT2D eigenvalue weighted by atomic mass is 16.4. The summed E-state index contributed by atoms with van der Waals surface area (Å²) in [6.07, 6.45) is 1.88. The number of pyridine rings is 1. The van der Waals surface area contributed by atoms with E-state index in [2.05, 4.69) is 15.6 Å². The van der Waals surface area contributed by atoms with Gasteiger partial charge in [-0.2, -0.15) is 0 Å². The third-order valence-corrected chi connectivity index (χ3v) is 2.78. The van der Waals surface area contributed by atoms with Gasteiger partial charge >= 0.3 is 5.97 Å². The summed E-state index contributed by atoms with van der Waals surface area (Å²) in [6.45, 7) is 1.78. The molecule has 1 aliphatic heterocycles. The largest absolute Gasteiger partial charge is 0.481 e. The lowest BCUT2D eigenvalue weighted by molar-refractivity contribution is -0.136. The van der Waals surface area contributed by atoms with Crippen molar-refractivity contribution in [3.05, 3.63) is 24.0 Å². The average molecular weight is 249 g/mol. The Morgan fingerprint density at radius 2 is 2.22 bits per heavy atom. The van der Waals surface area contributed by atoms with Crippen LogP contribution in [-0.2, 0) is 16.0 Å². The number of anilines is 1. The first-order chi connectivity index (χ1) is 8.63. The molecule has 6 heteroatoms. The highest BCUT2D eigenvalue weighted by Crippen LogP contribution is 2.11. The fourth-order valence-electron chi connectivity index (χ4n) is 1.72. The van der Waals surface area contributed by atoms with Crippen molar-refractivity contribution in [3.8, 4) is 0 Å². The van der Waals surface area contributed by atoms with Crippen LogP contribution < -0.4 is 10.6 Å². The number of carbonyl (C=O) groups is 2. The fraction of sp³-hybridized carbons (Fsp3) is 0.417. The van der Waals surface area contributed by atoms with Crippen molar-refractivity contribution >= 4 is 17.6 Å². The van der Waals surface area contributed by atoms with Gasteiger partial charge in [0.25, 0.3) is 0 Å². The zero-order chi connectivity index (χ0) is 13.0. The number of aromatic nitrogens is 1. The molecule has 2 heterocycles. The second-order valence-corrected chi connectivity index (χ2v) is 4.39. The predicted molar refractivity (Wildman–Crippen MR) is 65.2 cm³/mol. The van der Waals surface area contributed by atoms with Crippen LogP contribution in [0.15, 0.2) is 18.3 Å². The number of nitrogens with one attached hydrogen (secondary N) is 2. The Morgan fingerprint density at radius 1 is 1.44 bits per heavy atom. The lowest BCUT2D eigenvalue weighted by atomic mass is 9.99. The SMILES string of the molecule is O=C(O)Cc1ccc(NC(=O)CC2CNC2)cn1. The van der Waals surface area contributed by atoms with Gasteiger partial charge in [-0.05, 0) is 31.1 Å². The second-order valence-electron chi connectivity index (χ2n) is 4.39. The quantitative estimate of drug-likeness (QED) is 0.696. The minimum Gasteiger partial charge on any atom is -0.481 e. The minimum atomic E-state index is -0.920. The molecule has 1 aliphatic rings. The molecule has 1 amide bonds. The Balaban J connectivity index is 1.85. The van der Waals surface area contributed by atoms with Crippen LogP contribution in [0.25, 0.3) is 0 Å². The van der Waals surface area contributed by atoms with Crippen molar-refractivity contribution < 1.29 is 14.7 Å². The second kappa shape index (κ2) is 5.59. The molecule has 0 radical (unpaired) electrons. The molecule has 6 nitrogen and oxygen atoms in total. The Labute approximate surface area is 104 Å². The van der Waals surface area contributed by atoms with Crippen LogP contribution in [-0.4, -0.2) is 35.1 Å². The molecule has 1 aromatic heterocycles. The molecule has 3 N–H and O–H groups in total. The van der Waals surface area contributed by atoms with Crippen LogP contribution in [0, 0.1) is 5.92 Å². The van der Waals surface area contributed by atoms with E-state index in [4.69, 9.17) is 5.11 Å². The summed E-state index contributed by atoms with van der Waals surface area (Å²) < 4.78 is 0. The maximum atomic E-state index is 11.6. The Bertz CT molecular complexity index is 440. The number of carboxylic acid groups (broad SMARTS) is 1. The first-order valence-electron chi connectivity index (χ1n) is 5.81. The van der Waals surface area contributed by atoms with Crippen LogP contribution in [0.2, 0.25) is 0 Å². The molecule has 1 aromatic rings. The fourth-order valence-corrected chi connectivity index (χ4v) is 1.72. The number of rotatable bonds is 5. The molecule has 1 fully saturated rings. The highest BCUT2D eigenvalue weighted by Gasteiger charge is 2.20. The molecule has 18 heavy (non-hydrogen) atoms. The van der Waals surface area contributed by atoms with Gasteiger partial charge in [0.1, 0.15) is 0 Å². The smallest absolute Gasteiger partial charge is 0.309 e. The number of carbonyl (C=O) groups excluding carboxylic acids is 1. The molecule has 0 unspecified atom stereocenters. The van der Waals surface area contributed by atoms with Gasteiger partial charge in [-0.3, -0.25) is 14.6 Å². The maximum absolute atomic E-state index is 11.6. The summed E-state index contributed by atoms with van der Waals surface area (Å²) in [6, 6.07) is 3.27. The Morgan fingerprint density at radius 3 is 2.72 bits per heavy atom. The number of carboxylic acids is 1. The zero-order valence-corrected chi connectivity index (χ0v) is 9.85. The van der Waals surface area contributed by atoms with E-state index in [0.29, 0.717) is 23.7 Å². The van der Waals surface area contributed by atoms with Crippen molar-refractivity contribution in [2.45, 2.75) is 12.8 Å². The summed E-state index contributed by atoms with van der Waals surface area (Å²) in [5, 5.41) is 14.5. The molecule has 1 saturated heterocycles. The van der Waals surface area contributed by atoms with Crippen LogP contribution in [0.4, 0.5) is 5.69 Å². The minimum absolute atomic E-state index is 0.0331. The third-order valence-electron chi connectivity index (χ3n) is 2.78. The monoisotopic (exact) mass is 249 g/mol. The Hall–Kier alpha value is -1.95. The summed E-state index contributed by atoms with van der Waals surface area (Å²) in [7, 11) is 0. The molecule has 0 aliphatic carbocycles. The van der Waals surface area contributed by atoms with E-state index >= 15 is 0 Å². The molecular weight excluding hydrogens is 234 g/mol. The summed E-state index contributed by atoms with van der Waals surface area (Å²) >= 11 is 0. The van der Waals surface area contributed by atoms with Crippen LogP contribution in [0.5, 0.6) is 0 Å². The van der Waals surface area contributed by atoms with Crippen molar-refractivity contribution in [1.82, 2.24) is 10.3 Å². The summed E-state index contributed by atoms with van der Waals surface area (Å²) in [5.74, 6) is -0.532. The highest BCUT2D eigenvalue weighted by molar-refractivity contribution is 5.90. The average Bonchev–Trinajstić information content (AvgIpc) is 2.26. The lowest BCUT2D eigenvalue weighted by Gasteiger charge is -2.26. The van der Waals surface area contributed by atoms with Gasteiger partial charge in [-0.25, -0.2) is 0 Å². The predicted octanol–water partition coefficient (Wildman–Crippen LogP) is 0.257. The molecule has 0 atom stereocenters. The van der Waals surface area contributed by atoms with Gasteiger partial charge < -0.3 is 15.7 Å². The summed E-state index contributed by atoms with van der Waals surface area (Å²) in [4.78, 5) is 26.1. The van der Waals surface area contributed by atoms with E-state index in [-0.39, 0.29) is 12.3 Å². The molecule has 96 valence electrons. The molecule has 0 aromatic carbocycles. The van der Waals surface area contributed by atoms with Crippen molar-refractivity contribution in [2.24, 2.45) is 5.92 Å². The number of aliphatic carboxylic acids is 1. The van der Waals surface area contributed by atoms with Gasteiger partial charge in [-0.1, -0.05) is 0 Å². The van der Waals surface area contributed by atoms with Gasteiger partial charge in [0.2, 0.25) is 5.91 Å². The van der Waals surface area contributed by atoms with E-state index in [9.17, 15) is 9.59 Å². The van der Waals surface area contributed by atoms with Crippen molar-refractivity contribution in [3.63, 3.8) is 0 Å². The number of hydrogen-bond donors (Lipinski definition) is 3. The topological polar surface area (TPSA) is 91.3 Å². The lowest BCUT2D eigenvalue weighted by Crippen LogP contribution is -2.43. The molecule has 0 saturated carbocycles. The standard InChI is InChI=1S/C12H15N3O3/c16-11(3-8-5-13-6-8)15-10-2-1-9(14-7-10)4-12(17)18/h1-2,7-8,13H,3-6H2,(H,15,16)(H,17,18). The van der Waals surface area contributed by atoms with E-state index in [1.165, 1.54) is 6.20 Å². The maximum Gasteiger partial charge on any atom is 0.309 e. The zero-order valence-electron chi connectivity index (χ0n) is 9.85. The summed E-state index contributed by atoms with van der Waals surface area (Å²) in [5.41, 5.74) is 1.07. The Kier molecular flexibility index (Phi) is 3.88. The molecule has 0 bridgehead atoms. The van der Waals surface area contributed by atoms with E-state index in [1.807, 2.05) is 0 Å². The normalized spacial score (nSPS) is 14.9. The van der Waals surface area contributed by atoms with Crippen molar-refractivity contribution in [1.29, 1.82) is 0 Å². The van der Waals surface area contributed by atoms with E-state index < -0.39 is 5.97 Å². The van der Waals surface area contributed by atoms with Crippen molar-refractivity contribution in [2.75, 3.05) is 18.4 Å². The molecule has 2 rings (SSSR count). The number of nitrogens with zero attached hydrogens (tertiary/aromatic N) is 1.